The van der Waals surface area contributed by atoms with Crippen LogP contribution in [0, 0.1) is 0 Å². The molecule has 0 aliphatic carbocycles. The van der Waals surface area contributed by atoms with E-state index in [-0.39, 0.29) is 37.5 Å². The Bertz CT molecular complexity index is 1580. The first kappa shape index (κ1) is 77.3. The molecule has 1 atom stereocenters. The summed E-state index contributed by atoms with van der Waals surface area (Å²) in [4.78, 5) is 38.3. The fourth-order valence-electron chi connectivity index (χ4n) is 9.98. The van der Waals surface area contributed by atoms with Crippen LogP contribution in [0.3, 0.4) is 0 Å². The van der Waals surface area contributed by atoms with Gasteiger partial charge in [-0.3, -0.25) is 14.4 Å². The van der Waals surface area contributed by atoms with Crippen molar-refractivity contribution < 1.29 is 28.6 Å². The Morgan fingerprint density at radius 1 is 0.259 bits per heavy atom. The maximum absolute atomic E-state index is 12.9. The van der Waals surface area contributed by atoms with E-state index in [1.165, 1.54) is 199 Å². The third-order valence-corrected chi connectivity index (χ3v) is 15.1. The Balaban J connectivity index is 4.26. The first-order valence-electron chi connectivity index (χ1n) is 34.7. The number of carbonyl (C=O) groups excluding carboxylic acids is 3. The molecule has 0 aromatic heterocycles. The molecule has 466 valence electrons. The minimum atomic E-state index is -0.812. The molecule has 0 fully saturated rings. The number of carbonyl (C=O) groups is 3. The zero-order chi connectivity index (χ0) is 58.5. The lowest BCUT2D eigenvalue weighted by Gasteiger charge is -2.18. The molecule has 0 rings (SSSR count). The van der Waals surface area contributed by atoms with Gasteiger partial charge in [-0.15, -0.1) is 0 Å². The second kappa shape index (κ2) is 68.8. The molecule has 81 heavy (non-hydrogen) atoms. The first-order valence-corrected chi connectivity index (χ1v) is 34.7. The molecular formula is C75H130O6. The molecule has 0 bridgehead atoms. The Morgan fingerprint density at radius 3 is 0.827 bits per heavy atom. The highest BCUT2D eigenvalue weighted by Gasteiger charge is 2.19. The highest BCUT2D eigenvalue weighted by molar-refractivity contribution is 5.71. The van der Waals surface area contributed by atoms with Gasteiger partial charge < -0.3 is 14.2 Å². The molecule has 0 saturated heterocycles. The fraction of sp³-hybridized carbons (Fsp3) is 0.747. The molecule has 0 saturated carbocycles. The second-order valence-electron chi connectivity index (χ2n) is 23.0. The topological polar surface area (TPSA) is 78.9 Å². The summed E-state index contributed by atoms with van der Waals surface area (Å²) in [5, 5.41) is 0. The summed E-state index contributed by atoms with van der Waals surface area (Å²) in [5.74, 6) is -0.981. The van der Waals surface area contributed by atoms with E-state index in [1.54, 1.807) is 0 Å². The van der Waals surface area contributed by atoms with E-state index in [4.69, 9.17) is 14.2 Å². The van der Waals surface area contributed by atoms with E-state index in [9.17, 15) is 14.4 Å². The minimum Gasteiger partial charge on any atom is -0.462 e. The summed E-state index contributed by atoms with van der Waals surface area (Å²) in [6.45, 7) is 6.38. The smallest absolute Gasteiger partial charge is 0.306 e. The number of esters is 3. The van der Waals surface area contributed by atoms with Crippen LogP contribution in [0.25, 0.3) is 0 Å². The predicted octanol–water partition coefficient (Wildman–Crippen LogP) is 24.0. The zero-order valence-electron chi connectivity index (χ0n) is 53.5. The van der Waals surface area contributed by atoms with Crippen LogP contribution in [-0.2, 0) is 28.6 Å². The van der Waals surface area contributed by atoms with Gasteiger partial charge in [-0.25, -0.2) is 0 Å². The molecule has 0 heterocycles. The van der Waals surface area contributed by atoms with Gasteiger partial charge in [0.1, 0.15) is 13.2 Å². The SMILES string of the molecule is CC/C=C\C/C=C\C/C=C\C/C=C\CCCCCCCCCCC(=O)OC(COC(=O)CC/C=C\C/C=C\C/C=C\C/C=C\CC)COC(=O)CCCCCCCCCCCCCCCCCCCCCCCCCCCCCCC. The van der Waals surface area contributed by atoms with Gasteiger partial charge in [0.25, 0.3) is 0 Å². The number of hydrogen-bond acceptors (Lipinski definition) is 6. The molecule has 0 aromatic carbocycles. The maximum atomic E-state index is 12.9. The number of ether oxygens (including phenoxy) is 3. The van der Waals surface area contributed by atoms with Crippen LogP contribution >= 0.6 is 0 Å². The third-order valence-electron chi connectivity index (χ3n) is 15.1. The molecule has 0 aliphatic rings. The zero-order valence-corrected chi connectivity index (χ0v) is 53.5. The highest BCUT2D eigenvalue weighted by Crippen LogP contribution is 2.18. The lowest BCUT2D eigenvalue weighted by molar-refractivity contribution is -0.166. The summed E-state index contributed by atoms with van der Waals surface area (Å²) >= 11 is 0. The highest BCUT2D eigenvalue weighted by atomic mass is 16.6. The standard InChI is InChI=1S/C75H130O6/c1-4-7-10-13-16-19-22-25-27-29-31-33-34-35-36-37-38-39-40-42-43-45-47-50-53-56-59-62-65-68-74(77)80-71-72(70-79-73(76)67-64-61-58-55-52-49-24-21-18-15-12-9-6-3)81-75(78)69-66-63-60-57-54-51-48-46-44-41-32-30-28-26-23-20-17-14-11-8-5-2/h8-9,11-12,17-18,20-21,26,28,32,41,49,52,58,61,72H,4-7,10,13-16,19,22-25,27,29-31,33-40,42-48,50-51,53-57,59-60,62-71H2,1-3H3/b11-8-,12-9-,20-17-,21-18-,28-26-,41-32-,52-49-,61-58-. The summed E-state index contributed by atoms with van der Waals surface area (Å²) in [6, 6.07) is 0. The van der Waals surface area contributed by atoms with E-state index < -0.39 is 6.10 Å². The predicted molar refractivity (Wildman–Crippen MR) is 353 cm³/mol. The Hall–Kier alpha value is -3.67. The third kappa shape index (κ3) is 67.0. The average molecular weight is 1130 g/mol. The molecule has 1 unspecified atom stereocenters. The van der Waals surface area contributed by atoms with Crippen molar-refractivity contribution in [3.05, 3.63) is 97.2 Å². The minimum absolute atomic E-state index is 0.101. The van der Waals surface area contributed by atoms with Gasteiger partial charge in [0.05, 0.1) is 0 Å². The van der Waals surface area contributed by atoms with Crippen molar-refractivity contribution in [1.29, 1.82) is 0 Å². The van der Waals surface area contributed by atoms with Crippen LogP contribution in [0.5, 0.6) is 0 Å². The summed E-state index contributed by atoms with van der Waals surface area (Å²) < 4.78 is 16.9. The van der Waals surface area contributed by atoms with Crippen molar-refractivity contribution in [2.45, 2.75) is 348 Å². The van der Waals surface area contributed by atoms with E-state index >= 15 is 0 Å². The first-order chi connectivity index (χ1) is 40.0. The molecule has 6 heteroatoms. The summed E-state index contributed by atoms with van der Waals surface area (Å²) in [7, 11) is 0. The maximum Gasteiger partial charge on any atom is 0.306 e. The lowest BCUT2D eigenvalue weighted by atomic mass is 10.0. The fourth-order valence-corrected chi connectivity index (χ4v) is 9.98. The van der Waals surface area contributed by atoms with Crippen molar-refractivity contribution in [2.75, 3.05) is 13.2 Å². The second-order valence-corrected chi connectivity index (χ2v) is 23.0. The van der Waals surface area contributed by atoms with Crippen molar-refractivity contribution >= 4 is 17.9 Å². The number of rotatable bonds is 63. The van der Waals surface area contributed by atoms with Gasteiger partial charge >= 0.3 is 17.9 Å². The molecule has 0 amide bonds. The Morgan fingerprint density at radius 2 is 0.506 bits per heavy atom. The molecule has 0 aromatic rings. The molecule has 0 spiro atoms. The monoisotopic (exact) mass is 1130 g/mol. The molecule has 0 radical (unpaired) electrons. The van der Waals surface area contributed by atoms with Gasteiger partial charge in [-0.1, -0.05) is 336 Å². The van der Waals surface area contributed by atoms with Gasteiger partial charge in [-0.05, 0) is 83.5 Å². The molecule has 0 N–H and O–H groups in total. The summed E-state index contributed by atoms with van der Waals surface area (Å²) in [6.07, 6.45) is 93.2. The van der Waals surface area contributed by atoms with E-state index in [0.29, 0.717) is 19.3 Å². The number of hydrogen-bond donors (Lipinski definition) is 0. The van der Waals surface area contributed by atoms with Crippen molar-refractivity contribution in [1.82, 2.24) is 0 Å². The van der Waals surface area contributed by atoms with Crippen LogP contribution < -0.4 is 0 Å². The van der Waals surface area contributed by atoms with E-state index in [0.717, 1.165) is 96.3 Å². The molecule has 6 nitrogen and oxygen atoms in total. The Kier molecular flexibility index (Phi) is 65.7. The van der Waals surface area contributed by atoms with E-state index in [2.05, 4.69) is 112 Å². The van der Waals surface area contributed by atoms with Crippen LogP contribution in [0.15, 0.2) is 97.2 Å². The average Bonchev–Trinajstić information content (AvgIpc) is 3.46. The van der Waals surface area contributed by atoms with Gasteiger partial charge in [0.15, 0.2) is 6.10 Å². The Labute approximate surface area is 502 Å². The normalized spacial score (nSPS) is 12.7. The lowest BCUT2D eigenvalue weighted by Crippen LogP contribution is -2.30. The van der Waals surface area contributed by atoms with Crippen molar-refractivity contribution in [3.8, 4) is 0 Å². The number of allylic oxidation sites excluding steroid dienone is 16. The summed E-state index contributed by atoms with van der Waals surface area (Å²) in [5.41, 5.74) is 0. The van der Waals surface area contributed by atoms with Gasteiger partial charge in [0, 0.05) is 19.3 Å². The van der Waals surface area contributed by atoms with Crippen molar-refractivity contribution in [3.63, 3.8) is 0 Å². The number of unbranched alkanes of at least 4 members (excludes halogenated alkanes) is 36. The van der Waals surface area contributed by atoms with E-state index in [1.807, 2.05) is 6.08 Å². The van der Waals surface area contributed by atoms with Crippen LogP contribution in [-0.4, -0.2) is 37.2 Å². The van der Waals surface area contributed by atoms with Crippen LogP contribution in [0.2, 0.25) is 0 Å². The quantitative estimate of drug-likeness (QED) is 0.0261. The van der Waals surface area contributed by atoms with Gasteiger partial charge in [0.2, 0.25) is 0 Å². The molecule has 0 aliphatic heterocycles. The largest absolute Gasteiger partial charge is 0.462 e. The molecular weight excluding hydrogens is 997 g/mol. The van der Waals surface area contributed by atoms with Crippen LogP contribution in [0.1, 0.15) is 342 Å². The van der Waals surface area contributed by atoms with Crippen LogP contribution in [0.4, 0.5) is 0 Å². The van der Waals surface area contributed by atoms with Crippen molar-refractivity contribution in [2.24, 2.45) is 0 Å². The van der Waals surface area contributed by atoms with Gasteiger partial charge in [-0.2, -0.15) is 0 Å².